The minimum absolute atomic E-state index is 0.0222. The maximum absolute atomic E-state index is 11.5. The van der Waals surface area contributed by atoms with Crippen molar-refractivity contribution >= 4 is 5.91 Å². The predicted molar refractivity (Wildman–Crippen MR) is 50.8 cm³/mol. The van der Waals surface area contributed by atoms with Crippen LogP contribution in [0.15, 0.2) is 12.7 Å². The number of hydrogen-bond donors (Lipinski definition) is 3. The summed E-state index contributed by atoms with van der Waals surface area (Å²) in [6.07, 6.45) is 1.84. The van der Waals surface area contributed by atoms with Gasteiger partial charge in [-0.25, -0.2) is 9.67 Å². The van der Waals surface area contributed by atoms with Crippen LogP contribution in [0, 0.1) is 0 Å². The van der Waals surface area contributed by atoms with Gasteiger partial charge >= 0.3 is 0 Å². The van der Waals surface area contributed by atoms with Gasteiger partial charge in [0.25, 0.3) is 0 Å². The first-order chi connectivity index (χ1) is 7.15. The van der Waals surface area contributed by atoms with E-state index in [1.807, 2.05) is 0 Å². The highest BCUT2D eigenvalue weighted by molar-refractivity contribution is 5.79. The van der Waals surface area contributed by atoms with Gasteiger partial charge < -0.3 is 15.5 Å². The summed E-state index contributed by atoms with van der Waals surface area (Å²) in [5.74, 6) is -0.284. The Labute approximate surface area is 86.7 Å². The van der Waals surface area contributed by atoms with Gasteiger partial charge in [-0.15, -0.1) is 0 Å². The van der Waals surface area contributed by atoms with Crippen LogP contribution in [0.25, 0.3) is 0 Å². The van der Waals surface area contributed by atoms with Crippen molar-refractivity contribution in [2.24, 2.45) is 0 Å². The third-order valence-electron chi connectivity index (χ3n) is 1.94. The number of hydrogen-bond acceptors (Lipinski definition) is 5. The molecule has 0 radical (unpaired) electrons. The Morgan fingerprint density at radius 2 is 2.40 bits per heavy atom. The van der Waals surface area contributed by atoms with Crippen LogP contribution in [0.2, 0.25) is 0 Å². The highest BCUT2D eigenvalue weighted by Gasteiger charge is 2.15. The second-order valence-corrected chi connectivity index (χ2v) is 3.13. The first-order valence-corrected chi connectivity index (χ1v) is 4.56. The summed E-state index contributed by atoms with van der Waals surface area (Å²) < 4.78 is 1.40. The Kier molecular flexibility index (Phi) is 4.19. The highest BCUT2D eigenvalue weighted by atomic mass is 16.3. The van der Waals surface area contributed by atoms with Crippen molar-refractivity contribution in [2.75, 3.05) is 13.2 Å². The smallest absolute Gasteiger partial charge is 0.244 e. The fourth-order valence-electron chi connectivity index (χ4n) is 0.968. The Morgan fingerprint density at radius 1 is 1.67 bits per heavy atom. The van der Waals surface area contributed by atoms with Crippen molar-refractivity contribution in [1.29, 1.82) is 0 Å². The van der Waals surface area contributed by atoms with Gasteiger partial charge in [0.05, 0.1) is 12.7 Å². The predicted octanol–water partition coefficient (Wildman–Crippen LogP) is -1.69. The number of aromatic nitrogens is 3. The second-order valence-electron chi connectivity index (χ2n) is 3.13. The van der Waals surface area contributed by atoms with Crippen molar-refractivity contribution in [3.63, 3.8) is 0 Å². The molecule has 0 aliphatic rings. The zero-order chi connectivity index (χ0) is 11.3. The molecule has 2 unspecified atom stereocenters. The van der Waals surface area contributed by atoms with E-state index in [0.717, 1.165) is 0 Å². The number of carbonyl (C=O) groups excluding carboxylic acids is 1. The number of nitrogens with one attached hydrogen (secondary N) is 1. The van der Waals surface area contributed by atoms with E-state index in [0.29, 0.717) is 0 Å². The molecule has 1 rings (SSSR count). The number of rotatable bonds is 5. The molecule has 15 heavy (non-hydrogen) atoms. The molecule has 1 aromatic heterocycles. The van der Waals surface area contributed by atoms with Crippen LogP contribution in [0.4, 0.5) is 0 Å². The molecule has 0 saturated carbocycles. The van der Waals surface area contributed by atoms with Crippen LogP contribution in [0.5, 0.6) is 0 Å². The molecule has 1 aromatic rings. The minimum Gasteiger partial charge on any atom is -0.394 e. The molecule has 0 saturated heterocycles. The lowest BCUT2D eigenvalue weighted by Gasteiger charge is -2.13. The van der Waals surface area contributed by atoms with Crippen LogP contribution in [0.3, 0.4) is 0 Å². The minimum atomic E-state index is -0.933. The number of nitrogens with zero attached hydrogens (tertiary/aromatic N) is 3. The maximum atomic E-state index is 11.5. The summed E-state index contributed by atoms with van der Waals surface area (Å²) in [4.78, 5) is 15.2. The van der Waals surface area contributed by atoms with E-state index in [4.69, 9.17) is 10.2 Å². The molecule has 0 aliphatic heterocycles. The summed E-state index contributed by atoms with van der Waals surface area (Å²) in [6, 6.07) is -0.488. The standard InChI is InChI=1S/C8H14N4O3/c1-6(12-5-9-4-11-12)8(15)10-2-7(14)3-13/h4-7,13-14H,2-3H2,1H3,(H,10,15). The van der Waals surface area contributed by atoms with Crippen molar-refractivity contribution in [3.05, 3.63) is 12.7 Å². The van der Waals surface area contributed by atoms with Gasteiger partial charge in [0.15, 0.2) is 0 Å². The number of aliphatic hydroxyl groups is 2. The zero-order valence-corrected chi connectivity index (χ0v) is 8.37. The van der Waals surface area contributed by atoms with Gasteiger partial charge in [0, 0.05) is 6.54 Å². The Hall–Kier alpha value is -1.47. The van der Waals surface area contributed by atoms with Gasteiger partial charge in [0.1, 0.15) is 18.7 Å². The monoisotopic (exact) mass is 214 g/mol. The number of aliphatic hydroxyl groups excluding tert-OH is 2. The molecule has 3 N–H and O–H groups in total. The molecule has 0 spiro atoms. The van der Waals surface area contributed by atoms with E-state index in [1.54, 1.807) is 6.92 Å². The molecule has 0 aliphatic carbocycles. The van der Waals surface area contributed by atoms with Crippen molar-refractivity contribution in [3.8, 4) is 0 Å². The van der Waals surface area contributed by atoms with Gasteiger partial charge in [0.2, 0.25) is 5.91 Å². The summed E-state index contributed by atoms with van der Waals surface area (Å²) in [6.45, 7) is 1.31. The summed E-state index contributed by atoms with van der Waals surface area (Å²) in [5, 5.41) is 23.9. The summed E-state index contributed by atoms with van der Waals surface area (Å²) in [7, 11) is 0. The molecule has 1 amide bonds. The lowest BCUT2D eigenvalue weighted by Crippen LogP contribution is -2.37. The van der Waals surface area contributed by atoms with E-state index < -0.39 is 12.1 Å². The summed E-state index contributed by atoms with van der Waals surface area (Å²) in [5.41, 5.74) is 0. The largest absolute Gasteiger partial charge is 0.394 e. The van der Waals surface area contributed by atoms with Crippen LogP contribution >= 0.6 is 0 Å². The second kappa shape index (κ2) is 5.42. The molecule has 84 valence electrons. The van der Waals surface area contributed by atoms with E-state index in [9.17, 15) is 4.79 Å². The zero-order valence-electron chi connectivity index (χ0n) is 8.37. The highest BCUT2D eigenvalue weighted by Crippen LogP contribution is 2.01. The fourth-order valence-corrected chi connectivity index (χ4v) is 0.968. The van der Waals surface area contributed by atoms with Crippen LogP contribution in [-0.2, 0) is 4.79 Å². The number of carbonyl (C=O) groups is 1. The van der Waals surface area contributed by atoms with Crippen LogP contribution in [0.1, 0.15) is 13.0 Å². The lowest BCUT2D eigenvalue weighted by molar-refractivity contribution is -0.124. The average molecular weight is 214 g/mol. The lowest BCUT2D eigenvalue weighted by atomic mass is 10.3. The van der Waals surface area contributed by atoms with E-state index in [1.165, 1.54) is 17.3 Å². The molecule has 7 heteroatoms. The van der Waals surface area contributed by atoms with Crippen molar-refractivity contribution in [2.45, 2.75) is 19.1 Å². The molecular weight excluding hydrogens is 200 g/mol. The number of amides is 1. The van der Waals surface area contributed by atoms with Gasteiger partial charge in [-0.05, 0) is 6.92 Å². The third-order valence-corrected chi connectivity index (χ3v) is 1.94. The van der Waals surface area contributed by atoms with Gasteiger partial charge in [-0.3, -0.25) is 4.79 Å². The van der Waals surface area contributed by atoms with Gasteiger partial charge in [-0.1, -0.05) is 0 Å². The van der Waals surface area contributed by atoms with Crippen LogP contribution < -0.4 is 5.32 Å². The van der Waals surface area contributed by atoms with Crippen LogP contribution in [-0.4, -0.2) is 50.1 Å². The maximum Gasteiger partial charge on any atom is 0.244 e. The van der Waals surface area contributed by atoms with E-state index in [-0.39, 0.29) is 19.1 Å². The van der Waals surface area contributed by atoms with E-state index in [2.05, 4.69) is 15.4 Å². The molecular formula is C8H14N4O3. The Morgan fingerprint density at radius 3 is 2.93 bits per heavy atom. The molecule has 0 fully saturated rings. The fraction of sp³-hybridized carbons (Fsp3) is 0.625. The van der Waals surface area contributed by atoms with Crippen molar-refractivity contribution < 1.29 is 15.0 Å². The molecule has 0 aromatic carbocycles. The molecule has 0 bridgehead atoms. The molecule has 7 nitrogen and oxygen atoms in total. The molecule has 1 heterocycles. The Bertz CT molecular complexity index is 301. The molecule has 2 atom stereocenters. The quantitative estimate of drug-likeness (QED) is 0.543. The first-order valence-electron chi connectivity index (χ1n) is 4.56. The van der Waals surface area contributed by atoms with Gasteiger partial charge in [-0.2, -0.15) is 5.10 Å². The van der Waals surface area contributed by atoms with E-state index >= 15 is 0 Å². The first kappa shape index (κ1) is 11.6. The summed E-state index contributed by atoms with van der Waals surface area (Å²) >= 11 is 0. The van der Waals surface area contributed by atoms with Crippen molar-refractivity contribution in [1.82, 2.24) is 20.1 Å². The topological polar surface area (TPSA) is 100 Å². The normalized spacial score (nSPS) is 14.6. The Balaban J connectivity index is 2.41. The third kappa shape index (κ3) is 3.30. The SMILES string of the molecule is CC(C(=O)NCC(O)CO)n1cncn1. The average Bonchev–Trinajstić information content (AvgIpc) is 2.77.